The van der Waals surface area contributed by atoms with Gasteiger partial charge in [0.1, 0.15) is 0 Å². The molecule has 3 heteroatoms. The third kappa shape index (κ3) is 2.34. The van der Waals surface area contributed by atoms with Gasteiger partial charge in [-0.15, -0.1) is 11.8 Å². The number of carbonyl (C=O) groups is 1. The van der Waals surface area contributed by atoms with Gasteiger partial charge in [-0.2, -0.15) is 0 Å². The van der Waals surface area contributed by atoms with Crippen molar-refractivity contribution in [3.63, 3.8) is 0 Å². The molecule has 0 spiro atoms. The quantitative estimate of drug-likeness (QED) is 0.852. The maximum absolute atomic E-state index is 10.9. The second-order valence-corrected chi connectivity index (χ2v) is 5.33. The van der Waals surface area contributed by atoms with Gasteiger partial charge in [0, 0.05) is 10.1 Å². The molecule has 15 heavy (non-hydrogen) atoms. The number of benzene rings is 1. The van der Waals surface area contributed by atoms with Crippen LogP contribution < -0.4 is 0 Å². The zero-order valence-electron chi connectivity index (χ0n) is 8.69. The van der Waals surface area contributed by atoms with Crippen molar-refractivity contribution in [1.82, 2.24) is 0 Å². The first-order valence-electron chi connectivity index (χ1n) is 5.17. The van der Waals surface area contributed by atoms with Crippen molar-refractivity contribution in [1.29, 1.82) is 0 Å². The Bertz CT molecular complexity index is 383. The standard InChI is InChI=1S/C12H14O2S/c1-8-5-6-10(7-11(8)12(13)14)15-9-3-2-4-9/h5-7,9H,2-4H2,1H3,(H,13,14). The van der Waals surface area contributed by atoms with Crippen LogP contribution in [0.15, 0.2) is 23.1 Å². The van der Waals surface area contributed by atoms with Crippen LogP contribution in [0.25, 0.3) is 0 Å². The van der Waals surface area contributed by atoms with E-state index >= 15 is 0 Å². The highest BCUT2D eigenvalue weighted by molar-refractivity contribution is 8.00. The van der Waals surface area contributed by atoms with E-state index in [-0.39, 0.29) is 0 Å². The first kappa shape index (κ1) is 10.6. The summed E-state index contributed by atoms with van der Waals surface area (Å²) in [5.41, 5.74) is 1.26. The highest BCUT2D eigenvalue weighted by Crippen LogP contribution is 2.36. The molecule has 0 heterocycles. The van der Waals surface area contributed by atoms with Crippen LogP contribution in [0.3, 0.4) is 0 Å². The van der Waals surface area contributed by atoms with Crippen molar-refractivity contribution in [2.45, 2.75) is 36.3 Å². The third-order valence-electron chi connectivity index (χ3n) is 2.79. The highest BCUT2D eigenvalue weighted by atomic mass is 32.2. The maximum atomic E-state index is 10.9. The van der Waals surface area contributed by atoms with Gasteiger partial charge >= 0.3 is 5.97 Å². The molecular weight excluding hydrogens is 208 g/mol. The minimum atomic E-state index is -0.830. The molecule has 0 radical (unpaired) electrons. The zero-order chi connectivity index (χ0) is 10.8. The Morgan fingerprint density at radius 2 is 2.20 bits per heavy atom. The fourth-order valence-corrected chi connectivity index (χ4v) is 2.87. The summed E-state index contributed by atoms with van der Waals surface area (Å²) >= 11 is 1.81. The van der Waals surface area contributed by atoms with E-state index in [0.29, 0.717) is 10.8 Å². The van der Waals surface area contributed by atoms with Gasteiger partial charge in [0.25, 0.3) is 0 Å². The lowest BCUT2D eigenvalue weighted by molar-refractivity contribution is 0.0696. The van der Waals surface area contributed by atoms with Crippen molar-refractivity contribution >= 4 is 17.7 Å². The van der Waals surface area contributed by atoms with Gasteiger partial charge in [0.05, 0.1) is 5.56 Å². The number of hydrogen-bond donors (Lipinski definition) is 1. The predicted octanol–water partition coefficient (Wildman–Crippen LogP) is 3.34. The van der Waals surface area contributed by atoms with E-state index in [1.807, 2.05) is 30.8 Å². The smallest absolute Gasteiger partial charge is 0.335 e. The summed E-state index contributed by atoms with van der Waals surface area (Å²) in [6, 6.07) is 5.70. The molecule has 1 aliphatic carbocycles. The number of aromatic carboxylic acids is 1. The van der Waals surface area contributed by atoms with Crippen LogP contribution in [0.2, 0.25) is 0 Å². The second-order valence-electron chi connectivity index (χ2n) is 3.95. The van der Waals surface area contributed by atoms with Gasteiger partial charge in [-0.3, -0.25) is 0 Å². The van der Waals surface area contributed by atoms with E-state index in [1.54, 1.807) is 6.07 Å². The summed E-state index contributed by atoms with van der Waals surface area (Å²) in [7, 11) is 0. The monoisotopic (exact) mass is 222 g/mol. The van der Waals surface area contributed by atoms with E-state index < -0.39 is 5.97 Å². The van der Waals surface area contributed by atoms with E-state index in [9.17, 15) is 4.79 Å². The largest absolute Gasteiger partial charge is 0.478 e. The topological polar surface area (TPSA) is 37.3 Å². The third-order valence-corrected chi connectivity index (χ3v) is 4.13. The van der Waals surface area contributed by atoms with Crippen LogP contribution in [0.1, 0.15) is 35.2 Å². The molecule has 80 valence electrons. The molecule has 1 fully saturated rings. The molecule has 1 aliphatic rings. The molecule has 0 unspecified atom stereocenters. The Morgan fingerprint density at radius 3 is 2.73 bits per heavy atom. The van der Waals surface area contributed by atoms with Crippen LogP contribution in [0.5, 0.6) is 0 Å². The predicted molar refractivity (Wildman–Crippen MR) is 61.6 cm³/mol. The number of carboxylic acids is 1. The molecule has 1 saturated carbocycles. The number of thioether (sulfide) groups is 1. The van der Waals surface area contributed by atoms with Gasteiger partial charge in [-0.05, 0) is 37.5 Å². The summed E-state index contributed by atoms with van der Waals surface area (Å²) in [6.07, 6.45) is 3.84. The average Bonchev–Trinajstić information content (AvgIpc) is 2.13. The zero-order valence-corrected chi connectivity index (χ0v) is 9.51. The molecule has 0 amide bonds. The molecule has 1 N–H and O–H groups in total. The fraction of sp³-hybridized carbons (Fsp3) is 0.417. The highest BCUT2D eigenvalue weighted by Gasteiger charge is 2.19. The normalized spacial score (nSPS) is 16.1. The molecule has 1 aromatic carbocycles. The molecule has 0 aromatic heterocycles. The second kappa shape index (κ2) is 4.27. The SMILES string of the molecule is Cc1ccc(SC2CCC2)cc1C(=O)O. The lowest BCUT2D eigenvalue weighted by Crippen LogP contribution is -2.12. The Labute approximate surface area is 93.7 Å². The Balaban J connectivity index is 2.17. The van der Waals surface area contributed by atoms with Crippen molar-refractivity contribution in [3.8, 4) is 0 Å². The molecule has 0 saturated heterocycles. The summed E-state index contributed by atoms with van der Waals surface area (Å²) in [5.74, 6) is -0.830. The Kier molecular flexibility index (Phi) is 3.00. The van der Waals surface area contributed by atoms with E-state index in [1.165, 1.54) is 19.3 Å². The fourth-order valence-electron chi connectivity index (χ4n) is 1.59. The Hall–Kier alpha value is -0.960. The van der Waals surface area contributed by atoms with Crippen LogP contribution in [-0.2, 0) is 0 Å². The van der Waals surface area contributed by atoms with Gasteiger partial charge in [-0.1, -0.05) is 12.5 Å². The molecule has 2 nitrogen and oxygen atoms in total. The van der Waals surface area contributed by atoms with Crippen molar-refractivity contribution in [2.24, 2.45) is 0 Å². The summed E-state index contributed by atoms with van der Waals surface area (Å²) in [5, 5.41) is 9.69. The Morgan fingerprint density at radius 1 is 1.47 bits per heavy atom. The van der Waals surface area contributed by atoms with Crippen molar-refractivity contribution in [3.05, 3.63) is 29.3 Å². The number of hydrogen-bond acceptors (Lipinski definition) is 2. The van der Waals surface area contributed by atoms with E-state index in [2.05, 4.69) is 0 Å². The van der Waals surface area contributed by atoms with Gasteiger partial charge < -0.3 is 5.11 Å². The molecule has 1 aromatic rings. The maximum Gasteiger partial charge on any atom is 0.335 e. The molecule has 0 bridgehead atoms. The van der Waals surface area contributed by atoms with Crippen LogP contribution >= 0.6 is 11.8 Å². The minimum Gasteiger partial charge on any atom is -0.478 e. The number of aryl methyl sites for hydroxylation is 1. The first-order valence-corrected chi connectivity index (χ1v) is 6.05. The van der Waals surface area contributed by atoms with Crippen molar-refractivity contribution in [2.75, 3.05) is 0 Å². The van der Waals surface area contributed by atoms with Gasteiger partial charge in [0.15, 0.2) is 0 Å². The summed E-state index contributed by atoms with van der Waals surface area (Å²) in [6.45, 7) is 1.83. The molecule has 0 atom stereocenters. The average molecular weight is 222 g/mol. The van der Waals surface area contributed by atoms with Crippen LogP contribution in [0.4, 0.5) is 0 Å². The van der Waals surface area contributed by atoms with Gasteiger partial charge in [-0.25, -0.2) is 4.79 Å². The molecular formula is C12H14O2S. The lowest BCUT2D eigenvalue weighted by atomic mass is 10.00. The first-order chi connectivity index (χ1) is 7.16. The lowest BCUT2D eigenvalue weighted by Gasteiger charge is -2.24. The van der Waals surface area contributed by atoms with Gasteiger partial charge in [0.2, 0.25) is 0 Å². The number of rotatable bonds is 3. The van der Waals surface area contributed by atoms with Crippen LogP contribution in [0, 0.1) is 6.92 Å². The summed E-state index contributed by atoms with van der Waals surface area (Å²) < 4.78 is 0. The number of carboxylic acid groups (broad SMARTS) is 1. The molecule has 0 aliphatic heterocycles. The van der Waals surface area contributed by atoms with E-state index in [0.717, 1.165) is 10.5 Å². The van der Waals surface area contributed by atoms with E-state index in [4.69, 9.17) is 5.11 Å². The summed E-state index contributed by atoms with van der Waals surface area (Å²) in [4.78, 5) is 12.0. The minimum absolute atomic E-state index is 0.430. The van der Waals surface area contributed by atoms with Crippen molar-refractivity contribution < 1.29 is 9.90 Å². The van der Waals surface area contributed by atoms with Crippen LogP contribution in [-0.4, -0.2) is 16.3 Å². The molecule has 2 rings (SSSR count).